The number of nitrogens with zero attached hydrogens (tertiary/aromatic N) is 1. The number of aromatic nitrogens is 1. The smallest absolute Gasteiger partial charge is 0.345 e. The van der Waals surface area contributed by atoms with Crippen molar-refractivity contribution in [1.82, 2.24) is 20.5 Å². The summed E-state index contributed by atoms with van der Waals surface area (Å²) in [4.78, 5) is 67.4. The van der Waals surface area contributed by atoms with Gasteiger partial charge in [-0.05, 0) is 72.9 Å². The second-order valence-corrected chi connectivity index (χ2v) is 12.1. The van der Waals surface area contributed by atoms with Crippen LogP contribution in [0.1, 0.15) is 60.1 Å². The maximum atomic E-state index is 13.8. The zero-order chi connectivity index (χ0) is 30.7. The lowest BCUT2D eigenvalue weighted by atomic mass is 9.93. The minimum Gasteiger partial charge on any atom is -0.477 e. The summed E-state index contributed by atoms with van der Waals surface area (Å²) in [5, 5.41) is 16.2. The standard InChI is InChI=1S/C31H29ClN4O6S/c1-36(16-19-14-27(37)34-23-10-9-20(32)15-22(19)23)30(40)24(35-29(39)25-11-12-26(43-25)31(41)42)13-17-5-7-18(8-6-17)28(38)33-21-3-2-4-21/h5-12,14-15,21,24H,2-4,13,16H2,1H3,(H,33,38)(H,34,37)(H,35,39)(H,41,42)/t24-/m0/s1. The van der Waals surface area contributed by atoms with Crippen LogP contribution in [0.2, 0.25) is 5.02 Å². The second-order valence-electron chi connectivity index (χ2n) is 10.5. The molecule has 0 aliphatic heterocycles. The lowest BCUT2D eigenvalue weighted by molar-refractivity contribution is -0.132. The van der Waals surface area contributed by atoms with Gasteiger partial charge in [-0.15, -0.1) is 11.3 Å². The van der Waals surface area contributed by atoms with Gasteiger partial charge in [-0.1, -0.05) is 23.7 Å². The molecule has 5 rings (SSSR count). The summed E-state index contributed by atoms with van der Waals surface area (Å²) in [6, 6.07) is 15.2. The Balaban J connectivity index is 1.37. The fourth-order valence-corrected chi connectivity index (χ4v) is 5.80. The van der Waals surface area contributed by atoms with E-state index in [-0.39, 0.29) is 40.2 Å². The van der Waals surface area contributed by atoms with E-state index < -0.39 is 23.8 Å². The molecule has 43 heavy (non-hydrogen) atoms. The third-order valence-corrected chi connectivity index (χ3v) is 8.72. The molecule has 0 radical (unpaired) electrons. The quantitative estimate of drug-likeness (QED) is 0.209. The zero-order valence-corrected chi connectivity index (χ0v) is 24.8. The van der Waals surface area contributed by atoms with Crippen LogP contribution >= 0.6 is 22.9 Å². The maximum absolute atomic E-state index is 13.8. The van der Waals surface area contributed by atoms with E-state index in [1.807, 2.05) is 0 Å². The molecule has 1 aliphatic carbocycles. The molecule has 1 aliphatic rings. The molecule has 10 nitrogen and oxygen atoms in total. The van der Waals surface area contributed by atoms with E-state index in [0.29, 0.717) is 32.6 Å². The Morgan fingerprint density at radius 3 is 2.40 bits per heavy atom. The number of aromatic carboxylic acids is 1. The van der Waals surface area contributed by atoms with E-state index in [4.69, 9.17) is 11.6 Å². The first kappa shape index (κ1) is 30.0. The summed E-state index contributed by atoms with van der Waals surface area (Å²) < 4.78 is 0. The number of carbonyl (C=O) groups excluding carboxylic acids is 3. The van der Waals surface area contributed by atoms with Crippen LogP contribution in [0.3, 0.4) is 0 Å². The van der Waals surface area contributed by atoms with Crippen LogP contribution in [0.5, 0.6) is 0 Å². The van der Waals surface area contributed by atoms with Crippen LogP contribution < -0.4 is 16.2 Å². The van der Waals surface area contributed by atoms with E-state index in [1.165, 1.54) is 23.1 Å². The Morgan fingerprint density at radius 1 is 1.02 bits per heavy atom. The molecule has 3 amide bonds. The van der Waals surface area contributed by atoms with Crippen LogP contribution in [0.25, 0.3) is 10.9 Å². The molecular weight excluding hydrogens is 592 g/mol. The molecule has 222 valence electrons. The van der Waals surface area contributed by atoms with Crippen molar-refractivity contribution in [3.8, 4) is 0 Å². The largest absolute Gasteiger partial charge is 0.477 e. The highest BCUT2D eigenvalue weighted by atomic mass is 35.5. The van der Waals surface area contributed by atoms with Gasteiger partial charge >= 0.3 is 5.97 Å². The molecule has 4 aromatic rings. The van der Waals surface area contributed by atoms with Crippen LogP contribution in [-0.2, 0) is 17.8 Å². The van der Waals surface area contributed by atoms with Gasteiger partial charge in [-0.2, -0.15) is 0 Å². The number of hydrogen-bond acceptors (Lipinski definition) is 6. The van der Waals surface area contributed by atoms with Crippen LogP contribution in [-0.4, -0.2) is 57.8 Å². The van der Waals surface area contributed by atoms with Gasteiger partial charge in [-0.25, -0.2) is 4.79 Å². The number of pyridine rings is 1. The van der Waals surface area contributed by atoms with E-state index in [9.17, 15) is 29.1 Å². The van der Waals surface area contributed by atoms with Crippen molar-refractivity contribution in [2.45, 2.75) is 44.3 Å². The molecule has 0 bridgehead atoms. The van der Waals surface area contributed by atoms with Gasteiger partial charge in [0.2, 0.25) is 11.5 Å². The topological polar surface area (TPSA) is 149 Å². The third-order valence-electron chi connectivity index (χ3n) is 7.41. The fraction of sp³-hybridized carbons (Fsp3) is 0.258. The first-order valence-corrected chi connectivity index (χ1v) is 14.9. The first-order chi connectivity index (χ1) is 20.6. The SMILES string of the molecule is CN(Cc1cc(=O)[nH]c2ccc(Cl)cc12)C(=O)[C@H](Cc1ccc(C(=O)NC2CCC2)cc1)NC(=O)c1ccc(C(=O)O)s1. The van der Waals surface area contributed by atoms with E-state index in [1.54, 1.807) is 49.5 Å². The summed E-state index contributed by atoms with van der Waals surface area (Å²) >= 11 is 7.00. The second kappa shape index (κ2) is 12.8. The summed E-state index contributed by atoms with van der Waals surface area (Å²) in [5.74, 6) is -2.32. The predicted molar refractivity (Wildman–Crippen MR) is 164 cm³/mol. The summed E-state index contributed by atoms with van der Waals surface area (Å²) in [6.45, 7) is 0.0639. The molecule has 0 unspecified atom stereocenters. The van der Waals surface area contributed by atoms with Crippen molar-refractivity contribution in [2.24, 2.45) is 0 Å². The average molecular weight is 621 g/mol. The number of carboxylic acid groups (broad SMARTS) is 1. The number of thiophene rings is 1. The number of aromatic amines is 1. The van der Waals surface area contributed by atoms with E-state index >= 15 is 0 Å². The fourth-order valence-electron chi connectivity index (χ4n) is 4.88. The van der Waals surface area contributed by atoms with Crippen molar-refractivity contribution in [1.29, 1.82) is 0 Å². The molecule has 1 atom stereocenters. The minimum atomic E-state index is -1.15. The molecule has 1 fully saturated rings. The van der Waals surface area contributed by atoms with Crippen molar-refractivity contribution >= 4 is 57.5 Å². The number of amides is 3. The summed E-state index contributed by atoms with van der Waals surface area (Å²) in [5.41, 5.74) is 2.03. The van der Waals surface area contributed by atoms with E-state index in [2.05, 4.69) is 15.6 Å². The Kier molecular flexibility index (Phi) is 8.93. The van der Waals surface area contributed by atoms with Gasteiger partial charge in [-0.3, -0.25) is 19.2 Å². The summed E-state index contributed by atoms with van der Waals surface area (Å²) in [6.07, 6.45) is 3.16. The number of carbonyl (C=O) groups is 4. The van der Waals surface area contributed by atoms with Gasteiger partial charge < -0.3 is 25.6 Å². The van der Waals surface area contributed by atoms with Crippen LogP contribution in [0, 0.1) is 0 Å². The Bertz CT molecular complexity index is 1760. The number of benzene rings is 2. The van der Waals surface area contributed by atoms with Gasteiger partial charge in [0, 0.05) is 53.6 Å². The Morgan fingerprint density at radius 2 is 1.74 bits per heavy atom. The van der Waals surface area contributed by atoms with Crippen LogP contribution in [0.15, 0.2) is 65.5 Å². The molecule has 1 saturated carbocycles. The Hall–Kier alpha value is -4.48. The normalized spacial score (nSPS) is 13.6. The lowest BCUT2D eigenvalue weighted by Gasteiger charge is -2.26. The highest BCUT2D eigenvalue weighted by Crippen LogP contribution is 2.22. The van der Waals surface area contributed by atoms with Gasteiger partial charge in [0.15, 0.2) is 0 Å². The molecule has 2 aromatic carbocycles. The van der Waals surface area contributed by atoms with Gasteiger partial charge in [0.1, 0.15) is 10.9 Å². The zero-order valence-electron chi connectivity index (χ0n) is 23.2. The number of H-pyrrole nitrogens is 1. The number of carboxylic acids is 1. The number of hydrogen-bond donors (Lipinski definition) is 4. The van der Waals surface area contributed by atoms with Crippen molar-refractivity contribution in [3.63, 3.8) is 0 Å². The maximum Gasteiger partial charge on any atom is 0.345 e. The first-order valence-electron chi connectivity index (χ1n) is 13.7. The minimum absolute atomic E-state index is 0.000694. The average Bonchev–Trinajstić information content (AvgIpc) is 3.46. The molecule has 0 spiro atoms. The molecule has 4 N–H and O–H groups in total. The third kappa shape index (κ3) is 7.12. The van der Waals surface area contributed by atoms with Crippen molar-refractivity contribution < 1.29 is 24.3 Å². The molecule has 2 heterocycles. The molecule has 2 aromatic heterocycles. The van der Waals surface area contributed by atoms with Gasteiger partial charge in [0.05, 0.1) is 4.88 Å². The number of rotatable bonds is 10. The van der Waals surface area contributed by atoms with E-state index in [0.717, 1.165) is 30.6 Å². The lowest BCUT2D eigenvalue weighted by Crippen LogP contribution is -2.48. The van der Waals surface area contributed by atoms with Crippen molar-refractivity contribution in [3.05, 3.63) is 102 Å². The monoisotopic (exact) mass is 620 g/mol. The number of fused-ring (bicyclic) bond motifs is 1. The number of halogens is 1. The van der Waals surface area contributed by atoms with Crippen LogP contribution in [0.4, 0.5) is 0 Å². The Labute approximate surface area is 255 Å². The highest BCUT2D eigenvalue weighted by Gasteiger charge is 2.27. The van der Waals surface area contributed by atoms with Gasteiger partial charge in [0.25, 0.3) is 11.8 Å². The predicted octanol–water partition coefficient (Wildman–Crippen LogP) is 4.22. The van der Waals surface area contributed by atoms with Crippen molar-refractivity contribution in [2.75, 3.05) is 7.05 Å². The number of likely N-dealkylation sites (N-methyl/N-ethyl adjacent to an activating group) is 1. The number of nitrogens with one attached hydrogen (secondary N) is 3. The molecular formula is C31H29ClN4O6S. The summed E-state index contributed by atoms with van der Waals surface area (Å²) in [7, 11) is 1.57. The molecule has 0 saturated heterocycles. The highest BCUT2D eigenvalue weighted by molar-refractivity contribution is 7.15. The molecule has 12 heteroatoms.